The van der Waals surface area contributed by atoms with Gasteiger partial charge < -0.3 is 41.1 Å². The summed E-state index contributed by atoms with van der Waals surface area (Å²) in [6, 6.07) is 0.103. The van der Waals surface area contributed by atoms with Gasteiger partial charge in [-0.25, -0.2) is 19.1 Å². The minimum Gasteiger partial charge on any atom is -0.480 e. The molecule has 0 saturated carbocycles. The molecule has 0 spiro atoms. The number of amides is 7. The predicted molar refractivity (Wildman–Crippen MR) is 199 cm³/mol. The van der Waals surface area contributed by atoms with Gasteiger partial charge in [0.05, 0.1) is 6.54 Å². The van der Waals surface area contributed by atoms with Crippen LogP contribution in [0.5, 0.6) is 0 Å². The number of thioether (sulfide) groups is 2. The molecule has 0 unspecified atom stereocenters. The lowest BCUT2D eigenvalue weighted by Crippen LogP contribution is -2.71. The molecule has 3 aliphatic heterocycles. The fourth-order valence-electron chi connectivity index (χ4n) is 5.74. The number of hydrogen-bond donors (Lipinski definition) is 6. The van der Waals surface area contributed by atoms with Crippen molar-refractivity contribution in [2.75, 3.05) is 63.7 Å². The average molecular weight is 833 g/mol. The van der Waals surface area contributed by atoms with E-state index in [0.29, 0.717) is 28.7 Å². The molecule has 1 aromatic carbocycles. The second-order valence-electron chi connectivity index (χ2n) is 12.9. The van der Waals surface area contributed by atoms with Crippen LogP contribution in [0.15, 0.2) is 40.7 Å². The standard InChI is InChI=1S/C32H40N12O11S2/c1-4-41-10-11-42(26(48)25(41)47)30(53)36-20(16-5-7-18(8-6-16)34-32(54)55-13-19(33)28(49)50)23(45)35-21-24(46)44-22(29(51)52)17(14-56-27(21)44)15-57-31-37-38-39-43(31)12-9-40(2)3/h5-8,19-21,27H,4,9-15,33H2,1-3H3,(H,34,54)(H,35,45)(H,36,53)(H,49,50)(H,51,52)/t19-,20-,21-,27+/m1/s1. The number of hydrogen-bond acceptors (Lipinski definition) is 16. The highest BCUT2D eigenvalue weighted by atomic mass is 32.2. The number of urea groups is 1. The number of nitrogens with one attached hydrogen (secondary N) is 3. The van der Waals surface area contributed by atoms with Gasteiger partial charge in [0.25, 0.3) is 5.91 Å². The summed E-state index contributed by atoms with van der Waals surface area (Å²) in [6.07, 6.45) is -1.02. The average Bonchev–Trinajstić information content (AvgIpc) is 3.64. The molecule has 7 N–H and O–H groups in total. The normalized spacial score (nSPS) is 19.1. The summed E-state index contributed by atoms with van der Waals surface area (Å²) in [6.45, 7) is 2.39. The number of aliphatic carboxylic acids is 2. The van der Waals surface area contributed by atoms with Crippen molar-refractivity contribution in [1.29, 1.82) is 0 Å². The highest BCUT2D eigenvalue weighted by Gasteiger charge is 2.54. The number of anilines is 1. The van der Waals surface area contributed by atoms with Crippen LogP contribution in [0.2, 0.25) is 0 Å². The lowest BCUT2D eigenvalue weighted by atomic mass is 10.0. The number of fused-ring (bicyclic) bond motifs is 1. The summed E-state index contributed by atoms with van der Waals surface area (Å²) in [5.41, 5.74) is 5.84. The number of carboxylic acid groups (broad SMARTS) is 2. The number of benzene rings is 1. The zero-order chi connectivity index (χ0) is 41.6. The Morgan fingerprint density at radius 2 is 1.81 bits per heavy atom. The van der Waals surface area contributed by atoms with Crippen molar-refractivity contribution in [2.24, 2.45) is 5.73 Å². The molecule has 306 valence electrons. The van der Waals surface area contributed by atoms with E-state index in [4.69, 9.17) is 15.6 Å². The summed E-state index contributed by atoms with van der Waals surface area (Å²) in [5, 5.41) is 37.9. The fourth-order valence-corrected chi connectivity index (χ4v) is 8.13. The number of rotatable bonds is 16. The number of ether oxygens (including phenoxy) is 1. The summed E-state index contributed by atoms with van der Waals surface area (Å²) >= 11 is 2.45. The Labute approximate surface area is 332 Å². The van der Waals surface area contributed by atoms with Crippen LogP contribution in [-0.2, 0) is 40.0 Å². The van der Waals surface area contributed by atoms with E-state index in [1.807, 2.05) is 19.0 Å². The number of carboxylic acids is 2. The molecule has 2 saturated heterocycles. The largest absolute Gasteiger partial charge is 0.480 e. The van der Waals surface area contributed by atoms with Crippen LogP contribution in [0, 0.1) is 0 Å². The SMILES string of the molecule is CCN1CCN(C(=O)N[C@@H](C(=O)N[C@@H]2C(=O)N3C(C(=O)O)=C(CSc4nnnn4CCN(C)C)CS[C@@H]23)c2ccc(NC(=O)OC[C@@H](N)C(=O)O)cc2)C(=O)C1=O. The van der Waals surface area contributed by atoms with E-state index >= 15 is 0 Å². The zero-order valence-electron chi connectivity index (χ0n) is 30.8. The number of nitrogens with two attached hydrogens (primary N) is 1. The van der Waals surface area contributed by atoms with Gasteiger partial charge in [-0.1, -0.05) is 23.9 Å². The lowest BCUT2D eigenvalue weighted by Gasteiger charge is -2.49. The van der Waals surface area contributed by atoms with E-state index < -0.39 is 77.8 Å². The number of likely N-dealkylation sites (N-methyl/N-ethyl adjacent to an activating group) is 2. The Kier molecular flexibility index (Phi) is 13.7. The summed E-state index contributed by atoms with van der Waals surface area (Å²) in [7, 11) is 3.80. The van der Waals surface area contributed by atoms with E-state index in [1.54, 1.807) is 11.6 Å². The number of piperazine rings is 1. The molecule has 2 fully saturated rings. The predicted octanol–water partition coefficient (Wildman–Crippen LogP) is -1.83. The molecule has 25 heteroatoms. The third-order valence-electron chi connectivity index (χ3n) is 8.85. The van der Waals surface area contributed by atoms with Gasteiger partial charge in [-0.05, 0) is 54.7 Å². The van der Waals surface area contributed by atoms with Gasteiger partial charge in [0.15, 0.2) is 0 Å². The van der Waals surface area contributed by atoms with Crippen LogP contribution >= 0.6 is 23.5 Å². The number of imide groups is 1. The second-order valence-corrected chi connectivity index (χ2v) is 15.0. The molecule has 7 amide bonds. The third-order valence-corrected chi connectivity index (χ3v) is 11.2. The lowest BCUT2D eigenvalue weighted by molar-refractivity contribution is -0.153. The van der Waals surface area contributed by atoms with E-state index in [0.717, 1.165) is 4.90 Å². The van der Waals surface area contributed by atoms with Crippen LogP contribution in [0.1, 0.15) is 18.5 Å². The number of carbonyl (C=O) groups excluding carboxylic acids is 6. The molecular weight excluding hydrogens is 793 g/mol. The molecule has 23 nitrogen and oxygen atoms in total. The van der Waals surface area contributed by atoms with Gasteiger partial charge >= 0.3 is 35.9 Å². The first kappa shape index (κ1) is 42.4. The fraction of sp³-hybridized carbons (Fsp3) is 0.469. The van der Waals surface area contributed by atoms with E-state index in [1.165, 1.54) is 52.7 Å². The Bertz CT molecular complexity index is 1960. The van der Waals surface area contributed by atoms with Crippen LogP contribution < -0.4 is 21.7 Å². The van der Waals surface area contributed by atoms with Crippen molar-refractivity contribution in [3.63, 3.8) is 0 Å². The maximum atomic E-state index is 13.9. The van der Waals surface area contributed by atoms with Gasteiger partial charge in [0, 0.05) is 43.4 Å². The number of tetrazole rings is 1. The number of carbonyl (C=O) groups is 8. The minimum absolute atomic E-state index is 0.0674. The van der Waals surface area contributed by atoms with Gasteiger partial charge in [0.1, 0.15) is 35.8 Å². The van der Waals surface area contributed by atoms with Gasteiger partial charge in [-0.2, -0.15) is 0 Å². The van der Waals surface area contributed by atoms with E-state index in [-0.39, 0.29) is 48.1 Å². The van der Waals surface area contributed by atoms with Crippen molar-refractivity contribution in [2.45, 2.75) is 42.1 Å². The third kappa shape index (κ3) is 9.78. The second kappa shape index (κ2) is 18.4. The van der Waals surface area contributed by atoms with E-state index in [9.17, 15) is 43.5 Å². The maximum absolute atomic E-state index is 13.9. The smallest absolute Gasteiger partial charge is 0.411 e. The quantitative estimate of drug-likeness (QED) is 0.0616. The Balaban J connectivity index is 1.31. The summed E-state index contributed by atoms with van der Waals surface area (Å²) in [5.74, 6) is -5.95. The molecule has 57 heavy (non-hydrogen) atoms. The van der Waals surface area contributed by atoms with Crippen molar-refractivity contribution in [3.05, 3.63) is 41.1 Å². The molecular formula is C32H40N12O11S2. The molecule has 4 heterocycles. The first-order valence-corrected chi connectivity index (χ1v) is 19.3. The van der Waals surface area contributed by atoms with E-state index in [2.05, 4.69) is 31.5 Å². The van der Waals surface area contributed by atoms with Gasteiger partial charge in [-0.3, -0.25) is 39.1 Å². The number of β-lactam (4-membered cyclic amide) rings is 1. The van der Waals surface area contributed by atoms with Crippen molar-refractivity contribution in [3.8, 4) is 0 Å². The Morgan fingerprint density at radius 3 is 2.46 bits per heavy atom. The molecule has 3 aliphatic rings. The molecule has 0 bridgehead atoms. The number of nitrogens with zero attached hydrogens (tertiary/aromatic N) is 8. The van der Waals surface area contributed by atoms with Crippen LogP contribution in [0.4, 0.5) is 15.3 Å². The Morgan fingerprint density at radius 1 is 1.09 bits per heavy atom. The number of aromatic nitrogens is 4. The van der Waals surface area contributed by atoms with Crippen LogP contribution in [0.25, 0.3) is 0 Å². The van der Waals surface area contributed by atoms with Gasteiger partial charge in [0.2, 0.25) is 11.1 Å². The minimum atomic E-state index is -1.56. The van der Waals surface area contributed by atoms with Crippen LogP contribution in [0.3, 0.4) is 0 Å². The molecule has 0 radical (unpaired) electrons. The monoisotopic (exact) mass is 832 g/mol. The molecule has 0 aliphatic carbocycles. The Hall–Kier alpha value is -5.79. The van der Waals surface area contributed by atoms with Crippen molar-refractivity contribution in [1.82, 2.24) is 50.4 Å². The summed E-state index contributed by atoms with van der Waals surface area (Å²) < 4.78 is 6.40. The van der Waals surface area contributed by atoms with Crippen molar-refractivity contribution < 1.29 is 53.3 Å². The highest BCUT2D eigenvalue weighted by molar-refractivity contribution is 8.01. The molecule has 2 aromatic rings. The maximum Gasteiger partial charge on any atom is 0.411 e. The van der Waals surface area contributed by atoms with Crippen LogP contribution in [-0.4, -0.2) is 174 Å². The molecule has 1 aromatic heterocycles. The van der Waals surface area contributed by atoms with Gasteiger partial charge in [-0.15, -0.1) is 16.9 Å². The summed E-state index contributed by atoms with van der Waals surface area (Å²) in [4.78, 5) is 107. The van der Waals surface area contributed by atoms with Crippen molar-refractivity contribution >= 4 is 76.9 Å². The first-order valence-electron chi connectivity index (χ1n) is 17.3. The molecule has 4 atom stereocenters. The highest BCUT2D eigenvalue weighted by Crippen LogP contribution is 2.41. The topological polar surface area (TPSA) is 305 Å². The molecule has 5 rings (SSSR count). The zero-order valence-corrected chi connectivity index (χ0v) is 32.4. The first-order chi connectivity index (χ1) is 27.1.